The van der Waals surface area contributed by atoms with Crippen LogP contribution < -0.4 is 4.74 Å². The number of hydrogen-bond acceptors (Lipinski definition) is 3. The summed E-state index contributed by atoms with van der Waals surface area (Å²) in [6.07, 6.45) is 0.351. The largest absolute Gasteiger partial charge is 0.481 e. The van der Waals surface area contributed by atoms with Crippen LogP contribution >= 0.6 is 23.2 Å². The number of halogens is 2. The van der Waals surface area contributed by atoms with Crippen LogP contribution in [0, 0.1) is 6.92 Å². The van der Waals surface area contributed by atoms with E-state index >= 15 is 0 Å². The SMILES string of the molecule is Cc1cccc(-c2nc3ccc(Oc4c(Cl)cc(CCC(=O)O)cc4Cl)cc3[nH]2)c1. The molecule has 0 fully saturated rings. The minimum atomic E-state index is -0.875. The highest BCUT2D eigenvalue weighted by Gasteiger charge is 2.13. The van der Waals surface area contributed by atoms with Gasteiger partial charge in [-0.3, -0.25) is 4.79 Å². The number of imidazole rings is 1. The summed E-state index contributed by atoms with van der Waals surface area (Å²) in [7, 11) is 0. The smallest absolute Gasteiger partial charge is 0.303 e. The van der Waals surface area contributed by atoms with E-state index < -0.39 is 5.97 Å². The molecule has 0 radical (unpaired) electrons. The molecule has 0 aliphatic carbocycles. The van der Waals surface area contributed by atoms with Crippen LogP contribution in [0.5, 0.6) is 11.5 Å². The van der Waals surface area contributed by atoms with Crippen molar-refractivity contribution in [1.82, 2.24) is 9.97 Å². The number of nitrogens with zero attached hydrogens (tertiary/aromatic N) is 1. The normalized spacial score (nSPS) is 11.0. The van der Waals surface area contributed by atoms with Crippen LogP contribution in [0.25, 0.3) is 22.4 Å². The Hall–Kier alpha value is -3.02. The van der Waals surface area contributed by atoms with Crippen molar-refractivity contribution in [2.45, 2.75) is 19.8 Å². The van der Waals surface area contributed by atoms with Gasteiger partial charge in [-0.25, -0.2) is 4.98 Å². The number of H-pyrrole nitrogens is 1. The maximum Gasteiger partial charge on any atom is 0.303 e. The second kappa shape index (κ2) is 8.38. The Labute approximate surface area is 183 Å². The number of aromatic amines is 1. The molecule has 4 aromatic rings. The van der Waals surface area contributed by atoms with E-state index in [-0.39, 0.29) is 6.42 Å². The Morgan fingerprint density at radius 2 is 1.87 bits per heavy atom. The Bertz CT molecular complexity index is 1230. The lowest BCUT2D eigenvalue weighted by molar-refractivity contribution is -0.136. The van der Waals surface area contributed by atoms with Crippen molar-refractivity contribution in [2.75, 3.05) is 0 Å². The van der Waals surface area contributed by atoms with E-state index in [0.717, 1.165) is 33.5 Å². The molecule has 0 bridgehead atoms. The lowest BCUT2D eigenvalue weighted by atomic mass is 10.1. The molecule has 0 atom stereocenters. The highest BCUT2D eigenvalue weighted by molar-refractivity contribution is 6.37. The number of ether oxygens (including phenoxy) is 1. The van der Waals surface area contributed by atoms with Crippen LogP contribution in [0.4, 0.5) is 0 Å². The molecule has 1 heterocycles. The third-order valence-corrected chi connectivity index (χ3v) is 5.21. The first kappa shape index (κ1) is 20.3. The molecule has 4 rings (SSSR count). The van der Waals surface area contributed by atoms with Gasteiger partial charge >= 0.3 is 5.97 Å². The Kier molecular flexibility index (Phi) is 5.66. The van der Waals surface area contributed by atoms with Gasteiger partial charge < -0.3 is 14.8 Å². The fourth-order valence-corrected chi connectivity index (χ4v) is 3.81. The second-order valence-electron chi connectivity index (χ2n) is 7.02. The van der Waals surface area contributed by atoms with Gasteiger partial charge in [0.1, 0.15) is 11.6 Å². The predicted octanol–water partition coefficient (Wildman–Crippen LogP) is 6.65. The third kappa shape index (κ3) is 4.42. The summed E-state index contributed by atoms with van der Waals surface area (Å²) in [5.74, 6) is 0.796. The van der Waals surface area contributed by atoms with Gasteiger partial charge in [-0.1, -0.05) is 47.0 Å². The van der Waals surface area contributed by atoms with Gasteiger partial charge in [0.2, 0.25) is 0 Å². The lowest BCUT2D eigenvalue weighted by Gasteiger charge is -2.11. The lowest BCUT2D eigenvalue weighted by Crippen LogP contribution is -1.98. The van der Waals surface area contributed by atoms with Crippen molar-refractivity contribution in [3.63, 3.8) is 0 Å². The van der Waals surface area contributed by atoms with E-state index in [1.54, 1.807) is 18.2 Å². The summed E-state index contributed by atoms with van der Waals surface area (Å²) >= 11 is 12.7. The molecule has 0 saturated heterocycles. The van der Waals surface area contributed by atoms with Gasteiger partial charge in [0.25, 0.3) is 0 Å². The minimum absolute atomic E-state index is 0.00657. The van der Waals surface area contributed by atoms with Crippen molar-refractivity contribution in [1.29, 1.82) is 0 Å². The molecule has 0 unspecified atom stereocenters. The van der Waals surface area contributed by atoms with Crippen molar-refractivity contribution in [3.05, 3.63) is 75.8 Å². The molecule has 3 aromatic carbocycles. The third-order valence-electron chi connectivity index (χ3n) is 4.65. The maximum atomic E-state index is 10.8. The van der Waals surface area contributed by atoms with Crippen molar-refractivity contribution in [2.24, 2.45) is 0 Å². The zero-order chi connectivity index (χ0) is 21.3. The molecular weight excluding hydrogens is 423 g/mol. The van der Waals surface area contributed by atoms with Gasteiger partial charge in [0, 0.05) is 18.1 Å². The molecule has 1 aromatic heterocycles. The fraction of sp³-hybridized carbons (Fsp3) is 0.130. The van der Waals surface area contributed by atoms with Gasteiger partial charge in [0.15, 0.2) is 5.75 Å². The number of aryl methyl sites for hydroxylation is 2. The van der Waals surface area contributed by atoms with E-state index in [4.69, 9.17) is 33.0 Å². The van der Waals surface area contributed by atoms with Crippen molar-refractivity contribution >= 4 is 40.2 Å². The number of aliphatic carboxylic acids is 1. The molecule has 2 N–H and O–H groups in total. The summed E-state index contributed by atoms with van der Waals surface area (Å²) < 4.78 is 5.93. The first-order valence-electron chi connectivity index (χ1n) is 9.33. The number of hydrogen-bond donors (Lipinski definition) is 2. The molecule has 0 spiro atoms. The first-order chi connectivity index (χ1) is 14.4. The van der Waals surface area contributed by atoms with E-state index in [9.17, 15) is 4.79 Å². The molecule has 7 heteroatoms. The van der Waals surface area contributed by atoms with E-state index in [1.807, 2.05) is 37.3 Å². The number of carboxylic acid groups (broad SMARTS) is 1. The van der Waals surface area contributed by atoms with Gasteiger partial charge in [0.05, 0.1) is 21.1 Å². The van der Waals surface area contributed by atoms with Crippen LogP contribution in [-0.4, -0.2) is 21.0 Å². The predicted molar refractivity (Wildman–Crippen MR) is 119 cm³/mol. The Balaban J connectivity index is 1.60. The summed E-state index contributed by atoms with van der Waals surface area (Å²) in [4.78, 5) is 18.7. The molecule has 5 nitrogen and oxygen atoms in total. The standard InChI is InChI=1S/C23H18Cl2N2O3/c1-13-3-2-4-15(9-13)23-26-19-7-6-16(12-20(19)27-23)30-22-17(24)10-14(11-18(22)25)5-8-21(28)29/h2-4,6-7,9-12H,5,8H2,1H3,(H,26,27)(H,28,29). The Morgan fingerprint density at radius 3 is 2.57 bits per heavy atom. The molecule has 0 saturated carbocycles. The quantitative estimate of drug-likeness (QED) is 0.351. The zero-order valence-corrected chi connectivity index (χ0v) is 17.6. The highest BCUT2D eigenvalue weighted by atomic mass is 35.5. The number of rotatable bonds is 6. The van der Waals surface area contributed by atoms with Crippen LogP contribution in [-0.2, 0) is 11.2 Å². The highest BCUT2D eigenvalue weighted by Crippen LogP contribution is 2.38. The monoisotopic (exact) mass is 440 g/mol. The van der Waals surface area contributed by atoms with Crippen LogP contribution in [0.15, 0.2) is 54.6 Å². The van der Waals surface area contributed by atoms with Gasteiger partial charge in [-0.15, -0.1) is 0 Å². The first-order valence-corrected chi connectivity index (χ1v) is 10.1. The number of carboxylic acids is 1. The van der Waals surface area contributed by atoms with Crippen LogP contribution in [0.3, 0.4) is 0 Å². The molecule has 0 aliphatic rings. The zero-order valence-electron chi connectivity index (χ0n) is 16.1. The van der Waals surface area contributed by atoms with E-state index in [2.05, 4.69) is 16.0 Å². The minimum Gasteiger partial charge on any atom is -0.481 e. The second-order valence-corrected chi connectivity index (χ2v) is 7.83. The van der Waals surface area contributed by atoms with Crippen molar-refractivity contribution in [3.8, 4) is 22.9 Å². The molecule has 0 amide bonds. The van der Waals surface area contributed by atoms with E-state index in [1.165, 1.54) is 0 Å². The summed E-state index contributed by atoms with van der Waals surface area (Å²) in [5.41, 5.74) is 4.56. The number of aromatic nitrogens is 2. The number of carbonyl (C=O) groups is 1. The van der Waals surface area contributed by atoms with Gasteiger partial charge in [-0.05, 0) is 49.2 Å². The van der Waals surface area contributed by atoms with Crippen LogP contribution in [0.1, 0.15) is 17.5 Å². The maximum absolute atomic E-state index is 10.8. The number of benzene rings is 3. The summed E-state index contributed by atoms with van der Waals surface area (Å²) in [5, 5.41) is 9.49. The van der Waals surface area contributed by atoms with E-state index in [0.29, 0.717) is 28.0 Å². The topological polar surface area (TPSA) is 75.2 Å². The molecule has 0 aliphatic heterocycles. The average Bonchev–Trinajstić information content (AvgIpc) is 3.12. The number of nitrogens with one attached hydrogen (secondary N) is 1. The molecule has 152 valence electrons. The van der Waals surface area contributed by atoms with Gasteiger partial charge in [-0.2, -0.15) is 0 Å². The number of fused-ring (bicyclic) bond motifs is 1. The van der Waals surface area contributed by atoms with Crippen LogP contribution in [0.2, 0.25) is 10.0 Å². The summed E-state index contributed by atoms with van der Waals surface area (Å²) in [6.45, 7) is 2.04. The van der Waals surface area contributed by atoms with Crippen molar-refractivity contribution < 1.29 is 14.6 Å². The Morgan fingerprint density at radius 1 is 1.10 bits per heavy atom. The molecule has 30 heavy (non-hydrogen) atoms. The fourth-order valence-electron chi connectivity index (χ4n) is 3.20. The molecular formula is C23H18Cl2N2O3. The average molecular weight is 441 g/mol. The summed E-state index contributed by atoms with van der Waals surface area (Å²) in [6, 6.07) is 17.0.